The van der Waals surface area contributed by atoms with Gasteiger partial charge in [-0.3, -0.25) is 0 Å². The Balaban J connectivity index is 4.59. The first-order valence-corrected chi connectivity index (χ1v) is 13.4. The van der Waals surface area contributed by atoms with Crippen LogP contribution in [0.15, 0.2) is 0 Å². The highest BCUT2D eigenvalue weighted by Crippen LogP contribution is 2.21. The summed E-state index contributed by atoms with van der Waals surface area (Å²) >= 11 is 0. The van der Waals surface area contributed by atoms with Crippen LogP contribution in [-0.2, 0) is 0 Å². The maximum absolute atomic E-state index is 3.02. The Morgan fingerprint density at radius 3 is 1.56 bits per heavy atom. The third-order valence-corrected chi connectivity index (χ3v) is 11.2. The molecule has 0 aliphatic rings. The molecule has 0 atom stereocenters. The summed E-state index contributed by atoms with van der Waals surface area (Å²) in [7, 11) is -1.35. The number of hydrogen-bond acceptors (Lipinski definition) is 1. The molecule has 1 radical (unpaired) electrons. The Labute approximate surface area is 119 Å². The van der Waals surface area contributed by atoms with Crippen LogP contribution in [0.25, 0.3) is 0 Å². The molecule has 109 valence electrons. The molecule has 0 saturated carbocycles. The Bertz CT molecular complexity index is 181. The summed E-state index contributed by atoms with van der Waals surface area (Å²) in [6.45, 7) is 16.0. The third-order valence-electron chi connectivity index (χ3n) is 3.56. The van der Waals surface area contributed by atoms with Gasteiger partial charge in [-0.15, -0.1) is 0 Å². The summed E-state index contributed by atoms with van der Waals surface area (Å²) in [4.78, 5) is 0. The quantitative estimate of drug-likeness (QED) is 0.452. The second-order valence-electron chi connectivity index (χ2n) is 6.45. The van der Waals surface area contributed by atoms with Gasteiger partial charge in [0.05, 0.1) is 0 Å². The highest BCUT2D eigenvalue weighted by Gasteiger charge is 2.30. The summed E-state index contributed by atoms with van der Waals surface area (Å²) in [6.07, 6.45) is 8.38. The molecule has 0 aliphatic carbocycles. The van der Waals surface area contributed by atoms with Gasteiger partial charge in [0.1, 0.15) is 17.2 Å². The fourth-order valence-electron chi connectivity index (χ4n) is 2.44. The molecule has 0 rings (SSSR count). The highest BCUT2D eigenvalue weighted by atomic mass is 28.4. The molecule has 0 saturated heterocycles. The van der Waals surface area contributed by atoms with Crippen molar-refractivity contribution in [2.45, 2.75) is 91.0 Å². The predicted octanol–water partition coefficient (Wildman–Crippen LogP) is 5.52. The van der Waals surface area contributed by atoms with E-state index in [4.69, 9.17) is 0 Å². The minimum Gasteiger partial charge on any atom is -0.346 e. The average molecular weight is 287 g/mol. The van der Waals surface area contributed by atoms with E-state index in [1.807, 2.05) is 0 Å². The Morgan fingerprint density at radius 1 is 0.778 bits per heavy atom. The van der Waals surface area contributed by atoms with Crippen LogP contribution in [0.3, 0.4) is 0 Å². The van der Waals surface area contributed by atoms with Gasteiger partial charge in [0, 0.05) is 0 Å². The van der Waals surface area contributed by atoms with Crippen molar-refractivity contribution in [2.24, 2.45) is 0 Å². The van der Waals surface area contributed by atoms with Gasteiger partial charge in [0.15, 0.2) is 0 Å². The third kappa shape index (κ3) is 7.75. The minimum absolute atomic E-state index is 0.243. The fraction of sp³-hybridized carbons (Fsp3) is 1.00. The molecule has 0 spiro atoms. The van der Waals surface area contributed by atoms with E-state index >= 15 is 0 Å². The first-order chi connectivity index (χ1) is 8.47. The molecule has 0 N–H and O–H groups in total. The molecule has 0 bridgehead atoms. The lowest BCUT2D eigenvalue weighted by molar-refractivity contribution is 0.571. The first kappa shape index (κ1) is 18.4. The molecule has 18 heavy (non-hydrogen) atoms. The van der Waals surface area contributed by atoms with E-state index in [9.17, 15) is 0 Å². The van der Waals surface area contributed by atoms with Crippen molar-refractivity contribution in [3.8, 4) is 0 Å². The maximum Gasteiger partial charge on any atom is 0.129 e. The largest absolute Gasteiger partial charge is 0.346 e. The van der Waals surface area contributed by atoms with Crippen molar-refractivity contribution in [3.63, 3.8) is 0 Å². The highest BCUT2D eigenvalue weighted by molar-refractivity contribution is 6.83. The first-order valence-electron chi connectivity index (χ1n) is 8.09. The fourth-order valence-corrected chi connectivity index (χ4v) is 10.5. The van der Waals surface area contributed by atoms with E-state index in [0.717, 1.165) is 0 Å². The van der Waals surface area contributed by atoms with Crippen LogP contribution in [0.4, 0.5) is 0 Å². The standard InChI is InChI=1S/C15H36NSi2/c1-7-10-13-16(18(4,5)6)17(14-11-8-2)15-12-9-3/h7-15H2,1-6H3. The molecule has 0 aromatic heterocycles. The maximum atomic E-state index is 3.02. The SMILES string of the molecule is CCCCN([Si](CCCC)CCCC)[Si](C)(C)C. The molecule has 3 heteroatoms. The van der Waals surface area contributed by atoms with Crippen molar-refractivity contribution < 1.29 is 0 Å². The van der Waals surface area contributed by atoms with Gasteiger partial charge >= 0.3 is 0 Å². The zero-order chi connectivity index (χ0) is 14.0. The summed E-state index contributed by atoms with van der Waals surface area (Å²) in [6, 6.07) is 3.05. The van der Waals surface area contributed by atoms with Crippen LogP contribution >= 0.6 is 0 Å². The minimum atomic E-state index is -1.11. The van der Waals surface area contributed by atoms with Crippen LogP contribution in [0, 0.1) is 0 Å². The molecule has 0 aliphatic heterocycles. The Kier molecular flexibility index (Phi) is 10.4. The lowest BCUT2D eigenvalue weighted by atomic mass is 10.3. The van der Waals surface area contributed by atoms with Gasteiger partial charge < -0.3 is 4.23 Å². The number of nitrogens with zero attached hydrogens (tertiary/aromatic N) is 1. The number of hydrogen-bond donors (Lipinski definition) is 0. The van der Waals surface area contributed by atoms with Gasteiger partial charge in [-0.2, -0.15) is 0 Å². The van der Waals surface area contributed by atoms with Crippen LogP contribution < -0.4 is 0 Å². The summed E-state index contributed by atoms with van der Waals surface area (Å²) in [5, 5.41) is 0. The molecular formula is C15H36NSi2. The van der Waals surface area contributed by atoms with Gasteiger partial charge in [-0.05, 0) is 25.1 Å². The predicted molar refractivity (Wildman–Crippen MR) is 90.1 cm³/mol. The summed E-state index contributed by atoms with van der Waals surface area (Å²) in [5.74, 6) is 0. The molecule has 0 unspecified atom stereocenters. The zero-order valence-electron chi connectivity index (χ0n) is 13.8. The van der Waals surface area contributed by atoms with E-state index in [0.29, 0.717) is 0 Å². The van der Waals surface area contributed by atoms with Crippen LogP contribution in [0.5, 0.6) is 0 Å². The molecule has 0 amide bonds. The summed E-state index contributed by atoms with van der Waals surface area (Å²) in [5.41, 5.74) is 0. The zero-order valence-corrected chi connectivity index (χ0v) is 15.8. The van der Waals surface area contributed by atoms with Crippen molar-refractivity contribution in [3.05, 3.63) is 0 Å². The summed E-state index contributed by atoms with van der Waals surface area (Å²) < 4.78 is 3.02. The average Bonchev–Trinajstić information content (AvgIpc) is 2.30. The van der Waals surface area contributed by atoms with Gasteiger partial charge in [0.25, 0.3) is 0 Å². The molecule has 0 aromatic rings. The normalized spacial score (nSPS) is 12.7. The van der Waals surface area contributed by atoms with Crippen molar-refractivity contribution in [1.82, 2.24) is 4.23 Å². The smallest absolute Gasteiger partial charge is 0.129 e. The molecule has 0 fully saturated rings. The monoisotopic (exact) mass is 286 g/mol. The van der Waals surface area contributed by atoms with Crippen molar-refractivity contribution >= 4 is 17.2 Å². The second-order valence-corrected chi connectivity index (χ2v) is 14.5. The van der Waals surface area contributed by atoms with E-state index in [1.165, 1.54) is 57.2 Å². The van der Waals surface area contributed by atoms with E-state index < -0.39 is 8.24 Å². The molecule has 0 aromatic carbocycles. The second kappa shape index (κ2) is 10.2. The van der Waals surface area contributed by atoms with Crippen LogP contribution in [0.2, 0.25) is 31.7 Å². The van der Waals surface area contributed by atoms with E-state index in [2.05, 4.69) is 44.6 Å². The molecular weight excluding hydrogens is 250 g/mol. The van der Waals surface area contributed by atoms with Gasteiger partial charge in [-0.1, -0.05) is 72.5 Å². The molecule has 0 heterocycles. The topological polar surface area (TPSA) is 3.24 Å². The Morgan fingerprint density at radius 2 is 1.22 bits per heavy atom. The van der Waals surface area contributed by atoms with E-state index in [1.54, 1.807) is 0 Å². The van der Waals surface area contributed by atoms with E-state index in [-0.39, 0.29) is 8.96 Å². The van der Waals surface area contributed by atoms with Crippen LogP contribution in [-0.4, -0.2) is 28.0 Å². The number of rotatable bonds is 11. The van der Waals surface area contributed by atoms with Crippen LogP contribution in [0.1, 0.15) is 59.3 Å². The van der Waals surface area contributed by atoms with Crippen molar-refractivity contribution in [1.29, 1.82) is 0 Å². The van der Waals surface area contributed by atoms with Gasteiger partial charge in [0.2, 0.25) is 0 Å². The lowest BCUT2D eigenvalue weighted by Gasteiger charge is -2.40. The lowest BCUT2D eigenvalue weighted by Crippen LogP contribution is -2.54. The van der Waals surface area contributed by atoms with Crippen molar-refractivity contribution in [2.75, 3.05) is 6.54 Å². The number of unbranched alkanes of at least 4 members (excludes halogenated alkanes) is 3. The Hall–Kier alpha value is 0.394. The molecule has 1 nitrogen and oxygen atoms in total. The van der Waals surface area contributed by atoms with Gasteiger partial charge in [-0.25, -0.2) is 0 Å².